The van der Waals surface area contributed by atoms with E-state index in [0.29, 0.717) is 28.5 Å². The van der Waals surface area contributed by atoms with Gasteiger partial charge < -0.3 is 20.0 Å². The highest BCUT2D eigenvalue weighted by Crippen LogP contribution is 2.32. The topological polar surface area (TPSA) is 95.5 Å². The molecule has 1 N–H and O–H groups in total. The van der Waals surface area contributed by atoms with Crippen LogP contribution in [0.4, 0.5) is 0 Å². The third kappa shape index (κ3) is 5.11. The highest BCUT2D eigenvalue weighted by atomic mass is 35.5. The van der Waals surface area contributed by atoms with Crippen molar-refractivity contribution in [2.75, 3.05) is 7.11 Å². The lowest BCUT2D eigenvalue weighted by Gasteiger charge is -2.32. The number of hydrogen-bond donors (Lipinski definition) is 1. The molecule has 3 atom stereocenters. The standard InChI is InChI=1S/C18H21Cl2NO5/c1-26-16(22)9-15(10-6-7-13(19)14(20)8-10)21-17(23)11-4-2-3-5-12(11)18(24)25/h6-8,11-12,15H,2-5,9H2,1H3,(H,21,23)(H,24,25)/p-1/t11-,12-,15+/m0/s1. The summed E-state index contributed by atoms with van der Waals surface area (Å²) in [5.74, 6) is -3.66. The molecule has 142 valence electrons. The number of esters is 1. The van der Waals surface area contributed by atoms with Gasteiger partial charge in [-0.3, -0.25) is 9.59 Å². The highest BCUT2D eigenvalue weighted by molar-refractivity contribution is 6.42. The predicted molar refractivity (Wildman–Crippen MR) is 94.4 cm³/mol. The summed E-state index contributed by atoms with van der Waals surface area (Å²) in [5, 5.41) is 14.7. The molecule has 1 amide bonds. The molecule has 0 spiro atoms. The quantitative estimate of drug-likeness (QED) is 0.738. The number of benzene rings is 1. The van der Waals surface area contributed by atoms with E-state index in [1.807, 2.05) is 0 Å². The fourth-order valence-electron chi connectivity index (χ4n) is 3.24. The van der Waals surface area contributed by atoms with E-state index in [1.165, 1.54) is 7.11 Å². The molecule has 0 unspecified atom stereocenters. The van der Waals surface area contributed by atoms with E-state index in [2.05, 4.69) is 10.1 Å². The van der Waals surface area contributed by atoms with Crippen LogP contribution in [0, 0.1) is 11.8 Å². The number of halogens is 2. The van der Waals surface area contributed by atoms with Gasteiger partial charge in [0.2, 0.25) is 5.91 Å². The molecule has 0 heterocycles. The van der Waals surface area contributed by atoms with Gasteiger partial charge in [-0.15, -0.1) is 0 Å². The van der Waals surface area contributed by atoms with Crippen molar-refractivity contribution in [2.24, 2.45) is 11.8 Å². The average molecular weight is 401 g/mol. The second kappa shape index (κ2) is 9.24. The lowest BCUT2D eigenvalue weighted by atomic mass is 9.78. The van der Waals surface area contributed by atoms with Crippen molar-refractivity contribution in [1.82, 2.24) is 5.32 Å². The third-order valence-electron chi connectivity index (χ3n) is 4.67. The zero-order chi connectivity index (χ0) is 19.3. The van der Waals surface area contributed by atoms with E-state index in [4.69, 9.17) is 23.2 Å². The second-order valence-corrected chi connectivity index (χ2v) is 7.15. The van der Waals surface area contributed by atoms with Crippen LogP contribution in [-0.4, -0.2) is 25.0 Å². The van der Waals surface area contributed by atoms with E-state index < -0.39 is 35.7 Å². The second-order valence-electron chi connectivity index (χ2n) is 6.33. The molecular formula is C18H20Cl2NO5-. The highest BCUT2D eigenvalue weighted by Gasteiger charge is 2.33. The van der Waals surface area contributed by atoms with Crippen molar-refractivity contribution >= 4 is 41.0 Å². The Bertz CT molecular complexity index is 694. The molecule has 0 aromatic heterocycles. The van der Waals surface area contributed by atoms with Gasteiger partial charge in [-0.05, 0) is 30.5 Å². The number of nitrogens with one attached hydrogen (secondary N) is 1. The summed E-state index contributed by atoms with van der Waals surface area (Å²) in [6.07, 6.45) is 2.30. The first-order valence-corrected chi connectivity index (χ1v) is 9.12. The van der Waals surface area contributed by atoms with E-state index in [1.54, 1.807) is 18.2 Å². The van der Waals surface area contributed by atoms with Gasteiger partial charge in [-0.2, -0.15) is 0 Å². The number of rotatable bonds is 6. The van der Waals surface area contributed by atoms with Crippen molar-refractivity contribution in [3.05, 3.63) is 33.8 Å². The minimum Gasteiger partial charge on any atom is -0.550 e. The molecule has 1 aromatic rings. The maximum Gasteiger partial charge on any atom is 0.307 e. The molecule has 26 heavy (non-hydrogen) atoms. The van der Waals surface area contributed by atoms with Crippen LogP contribution >= 0.6 is 23.2 Å². The van der Waals surface area contributed by atoms with Crippen LogP contribution in [-0.2, 0) is 19.1 Å². The Labute approximate surface area is 161 Å². The van der Waals surface area contributed by atoms with Crippen molar-refractivity contribution in [3.63, 3.8) is 0 Å². The fraction of sp³-hybridized carbons (Fsp3) is 0.500. The largest absolute Gasteiger partial charge is 0.550 e. The number of hydrogen-bond acceptors (Lipinski definition) is 5. The molecule has 8 heteroatoms. The van der Waals surface area contributed by atoms with Gasteiger partial charge in [0.15, 0.2) is 0 Å². The average Bonchev–Trinajstić information content (AvgIpc) is 2.63. The van der Waals surface area contributed by atoms with E-state index >= 15 is 0 Å². The van der Waals surface area contributed by atoms with Gasteiger partial charge in [0.1, 0.15) is 0 Å². The Morgan fingerprint density at radius 2 is 1.85 bits per heavy atom. The minimum absolute atomic E-state index is 0.108. The van der Waals surface area contributed by atoms with Gasteiger partial charge in [-0.1, -0.05) is 42.1 Å². The zero-order valence-electron chi connectivity index (χ0n) is 14.3. The molecule has 6 nitrogen and oxygen atoms in total. The number of ether oxygens (including phenoxy) is 1. The molecule has 2 rings (SSSR count). The van der Waals surface area contributed by atoms with Crippen LogP contribution in [0.2, 0.25) is 10.0 Å². The summed E-state index contributed by atoms with van der Waals surface area (Å²) >= 11 is 11.9. The summed E-state index contributed by atoms with van der Waals surface area (Å²) in [6.45, 7) is 0. The molecule has 0 radical (unpaired) electrons. The van der Waals surface area contributed by atoms with Crippen molar-refractivity contribution in [3.8, 4) is 0 Å². The van der Waals surface area contributed by atoms with Crippen LogP contribution in [0.3, 0.4) is 0 Å². The van der Waals surface area contributed by atoms with Crippen LogP contribution in [0.15, 0.2) is 18.2 Å². The molecule has 1 aliphatic rings. The normalized spacial score (nSPS) is 20.9. The Morgan fingerprint density at radius 1 is 1.19 bits per heavy atom. The zero-order valence-corrected chi connectivity index (χ0v) is 15.8. The van der Waals surface area contributed by atoms with E-state index in [0.717, 1.165) is 12.8 Å². The molecule has 0 bridgehead atoms. The molecule has 0 saturated heterocycles. The number of carboxylic acids is 1. The Balaban J connectivity index is 2.22. The Morgan fingerprint density at radius 3 is 2.42 bits per heavy atom. The lowest BCUT2D eigenvalue weighted by Crippen LogP contribution is -2.45. The lowest BCUT2D eigenvalue weighted by molar-refractivity contribution is -0.314. The summed E-state index contributed by atoms with van der Waals surface area (Å²) in [6, 6.07) is 4.09. The Kier molecular flexibility index (Phi) is 7.29. The fourth-order valence-corrected chi connectivity index (χ4v) is 3.54. The summed E-state index contributed by atoms with van der Waals surface area (Å²) in [4.78, 5) is 35.8. The van der Waals surface area contributed by atoms with Crippen molar-refractivity contribution in [1.29, 1.82) is 0 Å². The van der Waals surface area contributed by atoms with Gasteiger partial charge in [0, 0.05) is 17.8 Å². The van der Waals surface area contributed by atoms with Crippen LogP contribution in [0.5, 0.6) is 0 Å². The first kappa shape index (κ1) is 20.5. The summed E-state index contributed by atoms with van der Waals surface area (Å²) in [5.41, 5.74) is 0.582. The van der Waals surface area contributed by atoms with Crippen LogP contribution in [0.25, 0.3) is 0 Å². The van der Waals surface area contributed by atoms with Crippen molar-refractivity contribution in [2.45, 2.75) is 38.1 Å². The van der Waals surface area contributed by atoms with E-state index in [9.17, 15) is 19.5 Å². The number of carbonyl (C=O) groups excluding carboxylic acids is 3. The maximum absolute atomic E-state index is 12.7. The molecular weight excluding hydrogens is 381 g/mol. The molecule has 1 aromatic carbocycles. The van der Waals surface area contributed by atoms with Gasteiger partial charge in [0.05, 0.1) is 29.6 Å². The first-order valence-electron chi connectivity index (χ1n) is 8.36. The summed E-state index contributed by atoms with van der Waals surface area (Å²) in [7, 11) is 1.25. The predicted octanol–water partition coefficient (Wildman–Crippen LogP) is 2.27. The van der Waals surface area contributed by atoms with Crippen LogP contribution < -0.4 is 10.4 Å². The summed E-state index contributed by atoms with van der Waals surface area (Å²) < 4.78 is 4.69. The maximum atomic E-state index is 12.7. The molecule has 0 aliphatic heterocycles. The smallest absolute Gasteiger partial charge is 0.307 e. The molecule has 1 aliphatic carbocycles. The first-order chi connectivity index (χ1) is 12.3. The van der Waals surface area contributed by atoms with Gasteiger partial charge in [-0.25, -0.2) is 0 Å². The van der Waals surface area contributed by atoms with Crippen LogP contribution in [0.1, 0.15) is 43.7 Å². The number of carboxylic acid groups (broad SMARTS) is 1. The van der Waals surface area contributed by atoms with Gasteiger partial charge in [0.25, 0.3) is 0 Å². The number of carbonyl (C=O) groups is 3. The molecule has 1 fully saturated rings. The molecule has 1 saturated carbocycles. The minimum atomic E-state index is -1.22. The number of aliphatic carboxylic acids is 1. The van der Waals surface area contributed by atoms with Crippen molar-refractivity contribution < 1.29 is 24.2 Å². The number of methoxy groups -OCH3 is 1. The SMILES string of the molecule is COC(=O)C[C@@H](NC(=O)[C@H]1CCCC[C@@H]1C(=O)[O-])c1ccc(Cl)c(Cl)c1. The van der Waals surface area contributed by atoms with Gasteiger partial charge >= 0.3 is 5.97 Å². The monoisotopic (exact) mass is 400 g/mol. The van der Waals surface area contributed by atoms with E-state index in [-0.39, 0.29) is 6.42 Å². The third-order valence-corrected chi connectivity index (χ3v) is 5.41. The number of amides is 1. The Hall–Kier alpha value is -1.79.